The van der Waals surface area contributed by atoms with Crippen molar-refractivity contribution in [1.82, 2.24) is 14.9 Å². The summed E-state index contributed by atoms with van der Waals surface area (Å²) in [5.41, 5.74) is 6.35. The predicted molar refractivity (Wildman–Crippen MR) is 138 cm³/mol. The molecule has 0 fully saturated rings. The highest BCUT2D eigenvalue weighted by atomic mass is 16.2. The van der Waals surface area contributed by atoms with Crippen molar-refractivity contribution in [3.8, 4) is 0 Å². The molecule has 0 radical (unpaired) electrons. The highest BCUT2D eigenvalue weighted by Gasteiger charge is 2.22. The Kier molecular flexibility index (Phi) is 8.15. The first kappa shape index (κ1) is 25.1. The van der Waals surface area contributed by atoms with E-state index in [4.69, 9.17) is 5.73 Å². The van der Waals surface area contributed by atoms with Crippen molar-refractivity contribution in [1.29, 1.82) is 0 Å². The Morgan fingerprint density at radius 2 is 1.82 bits per heavy atom. The fraction of sp³-hybridized carbons (Fsp3) is 0.423. The van der Waals surface area contributed by atoms with E-state index in [0.29, 0.717) is 13.1 Å². The summed E-state index contributed by atoms with van der Waals surface area (Å²) in [7, 11) is 0. The maximum absolute atomic E-state index is 13.0. The van der Waals surface area contributed by atoms with Crippen LogP contribution in [0, 0.1) is 5.92 Å². The Balaban J connectivity index is 1.84. The molecule has 8 nitrogen and oxygen atoms in total. The van der Waals surface area contributed by atoms with Crippen LogP contribution in [0.15, 0.2) is 52.1 Å². The molecule has 1 heterocycles. The van der Waals surface area contributed by atoms with Crippen LogP contribution in [0.1, 0.15) is 52.1 Å². The molecule has 0 aliphatic heterocycles. The van der Waals surface area contributed by atoms with Gasteiger partial charge in [0.05, 0.1) is 12.6 Å². The number of unbranched alkanes of at least 4 members (excludes halogenated alkanes) is 1. The van der Waals surface area contributed by atoms with Gasteiger partial charge in [-0.25, -0.2) is 4.79 Å². The molecule has 4 N–H and O–H groups in total. The molecule has 3 aromatic rings. The molecule has 0 spiro atoms. The van der Waals surface area contributed by atoms with E-state index in [2.05, 4.69) is 22.4 Å². The minimum Gasteiger partial charge on any atom is -0.383 e. The van der Waals surface area contributed by atoms with Gasteiger partial charge in [0.15, 0.2) is 0 Å². The second-order valence-electron chi connectivity index (χ2n) is 9.17. The maximum atomic E-state index is 13.0. The number of carbonyl (C=O) groups excluding carboxylic acids is 1. The largest absolute Gasteiger partial charge is 0.383 e. The van der Waals surface area contributed by atoms with Gasteiger partial charge in [-0.1, -0.05) is 63.6 Å². The molecule has 2 aromatic carbocycles. The number of nitrogens with zero attached hydrogens (tertiary/aromatic N) is 2. The number of hydrogen-bond donors (Lipinski definition) is 3. The standard InChI is InChI=1S/C26H35N5O3/c1-5-6-13-30(23-24(27)31(15-17(2)3)26(34)29-25(23)33)16-22(32)28-18(4)20-12-11-19-9-7-8-10-21(19)14-20/h7-12,14,17-18H,5-6,13,15-16,27H2,1-4H3,(H,28,32)(H,29,33,34). The Morgan fingerprint density at radius 3 is 2.50 bits per heavy atom. The van der Waals surface area contributed by atoms with Gasteiger partial charge in [0, 0.05) is 13.1 Å². The Labute approximate surface area is 199 Å². The van der Waals surface area contributed by atoms with Gasteiger partial charge in [0.2, 0.25) is 5.91 Å². The van der Waals surface area contributed by atoms with Crippen molar-refractivity contribution in [2.75, 3.05) is 23.7 Å². The van der Waals surface area contributed by atoms with Crippen LogP contribution in [0.4, 0.5) is 11.5 Å². The number of anilines is 2. The summed E-state index contributed by atoms with van der Waals surface area (Å²) in [6, 6.07) is 14.0. The van der Waals surface area contributed by atoms with Crippen LogP contribution in [0.5, 0.6) is 0 Å². The molecule has 1 atom stereocenters. The minimum atomic E-state index is -0.575. The van der Waals surface area contributed by atoms with Gasteiger partial charge in [-0.2, -0.15) is 0 Å². The molecule has 1 amide bonds. The number of amides is 1. The molecule has 0 aliphatic carbocycles. The van der Waals surface area contributed by atoms with Crippen LogP contribution < -0.4 is 27.2 Å². The van der Waals surface area contributed by atoms with Gasteiger partial charge in [0.1, 0.15) is 11.5 Å². The second kappa shape index (κ2) is 11.0. The number of hydrogen-bond acceptors (Lipinski definition) is 5. The fourth-order valence-electron chi connectivity index (χ4n) is 4.07. The lowest BCUT2D eigenvalue weighted by Gasteiger charge is -2.26. The SMILES string of the molecule is CCCCN(CC(=O)NC(C)c1ccc2ccccc2c1)c1c(N)n(CC(C)C)c(=O)[nH]c1=O. The molecular formula is C26H35N5O3. The lowest BCUT2D eigenvalue weighted by molar-refractivity contribution is -0.120. The van der Waals surface area contributed by atoms with Crippen LogP contribution in [0.3, 0.4) is 0 Å². The Bertz CT molecular complexity index is 1260. The molecule has 0 saturated carbocycles. The number of carbonyl (C=O) groups is 1. The summed E-state index contributed by atoms with van der Waals surface area (Å²) >= 11 is 0. The van der Waals surface area contributed by atoms with Crippen molar-refractivity contribution in [3.05, 3.63) is 68.9 Å². The van der Waals surface area contributed by atoms with Crippen LogP contribution in [0.25, 0.3) is 10.8 Å². The van der Waals surface area contributed by atoms with E-state index >= 15 is 0 Å². The molecule has 34 heavy (non-hydrogen) atoms. The van der Waals surface area contributed by atoms with E-state index in [9.17, 15) is 14.4 Å². The number of H-pyrrole nitrogens is 1. The van der Waals surface area contributed by atoms with E-state index in [-0.39, 0.29) is 35.9 Å². The number of aromatic nitrogens is 2. The molecule has 0 bridgehead atoms. The topological polar surface area (TPSA) is 113 Å². The number of rotatable bonds is 10. The van der Waals surface area contributed by atoms with Gasteiger partial charge in [-0.15, -0.1) is 0 Å². The fourth-order valence-corrected chi connectivity index (χ4v) is 4.07. The first-order chi connectivity index (χ1) is 16.2. The quantitative estimate of drug-likeness (QED) is 0.425. The number of nitrogens with two attached hydrogens (primary N) is 1. The Hall–Kier alpha value is -3.55. The zero-order valence-electron chi connectivity index (χ0n) is 20.4. The zero-order chi connectivity index (χ0) is 24.8. The molecule has 8 heteroatoms. The number of fused-ring (bicyclic) bond motifs is 1. The molecule has 1 unspecified atom stereocenters. The van der Waals surface area contributed by atoms with E-state index < -0.39 is 11.2 Å². The smallest absolute Gasteiger partial charge is 0.330 e. The van der Waals surface area contributed by atoms with Crippen LogP contribution in [-0.4, -0.2) is 28.5 Å². The highest BCUT2D eigenvalue weighted by molar-refractivity contribution is 5.84. The van der Waals surface area contributed by atoms with Crippen LogP contribution in [-0.2, 0) is 11.3 Å². The van der Waals surface area contributed by atoms with E-state index in [1.54, 1.807) is 4.90 Å². The van der Waals surface area contributed by atoms with Gasteiger partial charge < -0.3 is 16.0 Å². The first-order valence-electron chi connectivity index (χ1n) is 11.9. The monoisotopic (exact) mass is 465 g/mol. The number of benzene rings is 2. The van der Waals surface area contributed by atoms with Gasteiger partial charge >= 0.3 is 5.69 Å². The minimum absolute atomic E-state index is 0.0366. The molecular weight excluding hydrogens is 430 g/mol. The zero-order valence-corrected chi connectivity index (χ0v) is 20.4. The van der Waals surface area contributed by atoms with Crippen molar-refractivity contribution in [2.45, 2.75) is 53.1 Å². The third-order valence-electron chi connectivity index (χ3n) is 5.85. The molecule has 0 aliphatic rings. The molecule has 3 rings (SSSR count). The molecule has 182 valence electrons. The van der Waals surface area contributed by atoms with Crippen molar-refractivity contribution in [2.24, 2.45) is 5.92 Å². The van der Waals surface area contributed by atoms with Gasteiger partial charge in [-0.05, 0) is 41.7 Å². The summed E-state index contributed by atoms with van der Waals surface area (Å²) < 4.78 is 1.37. The summed E-state index contributed by atoms with van der Waals surface area (Å²) in [6.07, 6.45) is 1.66. The maximum Gasteiger partial charge on any atom is 0.330 e. The summed E-state index contributed by atoms with van der Waals surface area (Å²) in [4.78, 5) is 42.1. The number of nitrogen functional groups attached to an aromatic ring is 1. The summed E-state index contributed by atoms with van der Waals surface area (Å²) in [6.45, 7) is 8.71. The summed E-state index contributed by atoms with van der Waals surface area (Å²) in [5, 5.41) is 5.28. The number of nitrogens with one attached hydrogen (secondary N) is 2. The van der Waals surface area contributed by atoms with Crippen molar-refractivity contribution >= 4 is 28.2 Å². The number of aromatic amines is 1. The van der Waals surface area contributed by atoms with Gasteiger partial charge in [-0.3, -0.25) is 19.1 Å². The average molecular weight is 466 g/mol. The second-order valence-corrected chi connectivity index (χ2v) is 9.17. The van der Waals surface area contributed by atoms with E-state index in [1.165, 1.54) is 4.57 Å². The van der Waals surface area contributed by atoms with E-state index in [0.717, 1.165) is 29.2 Å². The highest BCUT2D eigenvalue weighted by Crippen LogP contribution is 2.21. The lowest BCUT2D eigenvalue weighted by atomic mass is 10.0. The van der Waals surface area contributed by atoms with Gasteiger partial charge in [0.25, 0.3) is 5.56 Å². The van der Waals surface area contributed by atoms with Crippen LogP contribution >= 0.6 is 0 Å². The lowest BCUT2D eigenvalue weighted by Crippen LogP contribution is -2.44. The molecule has 1 aromatic heterocycles. The normalized spacial score (nSPS) is 12.1. The van der Waals surface area contributed by atoms with Crippen molar-refractivity contribution in [3.63, 3.8) is 0 Å². The third kappa shape index (κ3) is 5.87. The summed E-state index contributed by atoms with van der Waals surface area (Å²) in [5.74, 6) is 0.0278. The van der Waals surface area contributed by atoms with Crippen LogP contribution in [0.2, 0.25) is 0 Å². The van der Waals surface area contributed by atoms with Crippen molar-refractivity contribution < 1.29 is 4.79 Å². The third-order valence-corrected chi connectivity index (χ3v) is 5.85. The Morgan fingerprint density at radius 1 is 1.12 bits per heavy atom. The average Bonchev–Trinajstić information content (AvgIpc) is 2.79. The predicted octanol–water partition coefficient (Wildman–Crippen LogP) is 3.41. The van der Waals surface area contributed by atoms with E-state index in [1.807, 2.05) is 58.0 Å². The first-order valence-corrected chi connectivity index (χ1v) is 11.9. The molecule has 0 saturated heterocycles.